The van der Waals surface area contributed by atoms with Crippen molar-refractivity contribution in [3.8, 4) is 5.75 Å². The fraction of sp³-hybridized carbons (Fsp3) is 0.176. The lowest BCUT2D eigenvalue weighted by Crippen LogP contribution is -2.24. The van der Waals surface area contributed by atoms with E-state index in [0.717, 1.165) is 12.1 Å². The van der Waals surface area contributed by atoms with E-state index in [2.05, 4.69) is 5.32 Å². The van der Waals surface area contributed by atoms with Gasteiger partial charge in [-0.15, -0.1) is 0 Å². The molecule has 1 amide bonds. The third kappa shape index (κ3) is 6.65. The molecular formula is C17H12Cl2F3NO4. The number of nitrogens with one attached hydrogen (secondary N) is 1. The Morgan fingerprint density at radius 3 is 2.30 bits per heavy atom. The van der Waals surface area contributed by atoms with Crippen LogP contribution in [0.2, 0.25) is 10.0 Å². The standard InChI is InChI=1S/C17H12Cl2F3NO4/c18-11-2-4-12(5-3-11)26-9-16(25)27-8-15(24)23-14-7-10(17(20,21)22)1-6-13(14)19/h1-7H,8-9H2,(H,23,24). The fourth-order valence-corrected chi connectivity index (χ4v) is 2.14. The molecule has 10 heteroatoms. The van der Waals surface area contributed by atoms with E-state index in [1.165, 1.54) is 12.1 Å². The van der Waals surface area contributed by atoms with Crippen molar-refractivity contribution in [2.45, 2.75) is 6.18 Å². The smallest absolute Gasteiger partial charge is 0.416 e. The van der Waals surface area contributed by atoms with Crippen LogP contribution < -0.4 is 10.1 Å². The number of carbonyl (C=O) groups is 2. The van der Waals surface area contributed by atoms with Crippen molar-refractivity contribution in [1.29, 1.82) is 0 Å². The monoisotopic (exact) mass is 421 g/mol. The van der Waals surface area contributed by atoms with Gasteiger partial charge in [-0.05, 0) is 42.5 Å². The first kappa shape index (κ1) is 20.9. The molecule has 0 aliphatic rings. The summed E-state index contributed by atoms with van der Waals surface area (Å²) in [4.78, 5) is 23.3. The van der Waals surface area contributed by atoms with Crippen molar-refractivity contribution in [3.63, 3.8) is 0 Å². The minimum Gasteiger partial charge on any atom is -0.482 e. The van der Waals surface area contributed by atoms with Crippen LogP contribution in [0.1, 0.15) is 5.56 Å². The predicted octanol–water partition coefficient (Wildman–Crippen LogP) is 4.57. The molecule has 0 heterocycles. The van der Waals surface area contributed by atoms with Crippen molar-refractivity contribution in [2.75, 3.05) is 18.5 Å². The first-order valence-corrected chi connectivity index (χ1v) is 8.11. The van der Waals surface area contributed by atoms with Gasteiger partial charge in [0.25, 0.3) is 5.91 Å². The van der Waals surface area contributed by atoms with Crippen molar-refractivity contribution in [1.82, 2.24) is 0 Å². The van der Waals surface area contributed by atoms with Crippen LogP contribution in [-0.2, 0) is 20.5 Å². The second kappa shape index (κ2) is 8.96. The molecule has 5 nitrogen and oxygen atoms in total. The number of rotatable bonds is 6. The number of benzene rings is 2. The van der Waals surface area contributed by atoms with E-state index in [1.807, 2.05) is 0 Å². The summed E-state index contributed by atoms with van der Waals surface area (Å²) in [7, 11) is 0. The number of carbonyl (C=O) groups excluding carboxylic acids is 2. The zero-order valence-corrected chi connectivity index (χ0v) is 15.0. The van der Waals surface area contributed by atoms with Gasteiger partial charge in [0.05, 0.1) is 16.3 Å². The summed E-state index contributed by atoms with van der Waals surface area (Å²) < 4.78 is 47.9. The predicted molar refractivity (Wildman–Crippen MR) is 93.0 cm³/mol. The summed E-state index contributed by atoms with van der Waals surface area (Å²) in [6.07, 6.45) is -4.59. The molecule has 2 aromatic rings. The van der Waals surface area contributed by atoms with E-state index in [9.17, 15) is 22.8 Å². The van der Waals surface area contributed by atoms with Crippen LogP contribution in [0.5, 0.6) is 5.75 Å². The van der Waals surface area contributed by atoms with Gasteiger partial charge < -0.3 is 14.8 Å². The van der Waals surface area contributed by atoms with Gasteiger partial charge in [-0.25, -0.2) is 4.79 Å². The summed E-state index contributed by atoms with van der Waals surface area (Å²) in [6, 6.07) is 8.68. The molecule has 0 radical (unpaired) electrons. The van der Waals surface area contributed by atoms with Crippen LogP contribution in [0.4, 0.5) is 18.9 Å². The van der Waals surface area contributed by atoms with Crippen LogP contribution in [0, 0.1) is 0 Å². The number of alkyl halides is 3. The molecular weight excluding hydrogens is 410 g/mol. The van der Waals surface area contributed by atoms with Crippen LogP contribution in [0.15, 0.2) is 42.5 Å². The van der Waals surface area contributed by atoms with Crippen molar-refractivity contribution in [3.05, 3.63) is 58.1 Å². The summed E-state index contributed by atoms with van der Waals surface area (Å²) in [5.41, 5.74) is -1.22. The SMILES string of the molecule is O=C(COC(=O)COc1ccc(Cl)cc1)Nc1cc(C(F)(F)F)ccc1Cl. The number of halogens is 5. The van der Waals surface area contributed by atoms with Crippen LogP contribution in [0.3, 0.4) is 0 Å². The Morgan fingerprint density at radius 1 is 1.00 bits per heavy atom. The van der Waals surface area contributed by atoms with Gasteiger partial charge in [0, 0.05) is 5.02 Å². The topological polar surface area (TPSA) is 64.6 Å². The number of amides is 1. The van der Waals surface area contributed by atoms with E-state index in [-0.39, 0.29) is 10.7 Å². The largest absolute Gasteiger partial charge is 0.482 e. The lowest BCUT2D eigenvalue weighted by Gasteiger charge is -2.12. The quantitative estimate of drug-likeness (QED) is 0.693. The average molecular weight is 422 g/mol. The maximum absolute atomic E-state index is 12.7. The minimum absolute atomic E-state index is 0.0891. The van der Waals surface area contributed by atoms with Gasteiger partial charge in [0.2, 0.25) is 0 Å². The summed E-state index contributed by atoms with van der Waals surface area (Å²) in [5, 5.41) is 2.56. The van der Waals surface area contributed by atoms with Gasteiger partial charge in [-0.2, -0.15) is 13.2 Å². The molecule has 2 rings (SSSR count). The van der Waals surface area contributed by atoms with Gasteiger partial charge in [-0.1, -0.05) is 23.2 Å². The first-order valence-electron chi connectivity index (χ1n) is 7.36. The molecule has 0 saturated heterocycles. The number of hydrogen-bond donors (Lipinski definition) is 1. The van der Waals surface area contributed by atoms with Gasteiger partial charge in [-0.3, -0.25) is 4.79 Å². The second-order valence-corrected chi connectivity index (χ2v) is 5.99. The number of anilines is 1. The third-order valence-electron chi connectivity index (χ3n) is 3.10. The zero-order valence-electron chi connectivity index (χ0n) is 13.5. The summed E-state index contributed by atoms with van der Waals surface area (Å²) >= 11 is 11.5. The van der Waals surface area contributed by atoms with Crippen LogP contribution in [0.25, 0.3) is 0 Å². The molecule has 1 N–H and O–H groups in total. The number of hydrogen-bond acceptors (Lipinski definition) is 4. The molecule has 0 unspecified atom stereocenters. The summed E-state index contributed by atoms with van der Waals surface area (Å²) in [5.74, 6) is -1.32. The highest BCUT2D eigenvalue weighted by atomic mass is 35.5. The normalized spacial score (nSPS) is 11.0. The van der Waals surface area contributed by atoms with E-state index < -0.39 is 36.8 Å². The Morgan fingerprint density at radius 2 is 1.67 bits per heavy atom. The molecule has 144 valence electrons. The average Bonchev–Trinajstić information content (AvgIpc) is 2.60. The molecule has 0 aliphatic heterocycles. The highest BCUT2D eigenvalue weighted by molar-refractivity contribution is 6.33. The molecule has 0 bridgehead atoms. The number of esters is 1. The fourth-order valence-electron chi connectivity index (χ4n) is 1.84. The molecule has 0 fully saturated rings. The van der Waals surface area contributed by atoms with Crippen LogP contribution >= 0.6 is 23.2 Å². The third-order valence-corrected chi connectivity index (χ3v) is 3.68. The molecule has 0 aromatic heterocycles. The van der Waals surface area contributed by atoms with Crippen molar-refractivity contribution < 1.29 is 32.2 Å². The molecule has 0 saturated carbocycles. The van der Waals surface area contributed by atoms with E-state index in [0.29, 0.717) is 16.8 Å². The van der Waals surface area contributed by atoms with Crippen molar-refractivity contribution >= 4 is 40.8 Å². The second-order valence-electron chi connectivity index (χ2n) is 5.14. The Labute approximate surface area is 162 Å². The van der Waals surface area contributed by atoms with Gasteiger partial charge in [0.1, 0.15) is 5.75 Å². The first-order chi connectivity index (χ1) is 12.6. The molecule has 0 spiro atoms. The molecule has 27 heavy (non-hydrogen) atoms. The Hall–Kier alpha value is -2.45. The highest BCUT2D eigenvalue weighted by Gasteiger charge is 2.31. The Kier molecular flexibility index (Phi) is 6.92. The lowest BCUT2D eigenvalue weighted by atomic mass is 10.2. The lowest BCUT2D eigenvalue weighted by molar-refractivity contribution is -0.149. The zero-order chi connectivity index (χ0) is 20.0. The Balaban J connectivity index is 1.83. The maximum Gasteiger partial charge on any atom is 0.416 e. The van der Waals surface area contributed by atoms with E-state index in [4.69, 9.17) is 32.7 Å². The highest BCUT2D eigenvalue weighted by Crippen LogP contribution is 2.33. The van der Waals surface area contributed by atoms with Gasteiger partial charge >= 0.3 is 12.1 Å². The Bertz CT molecular complexity index is 826. The molecule has 2 aromatic carbocycles. The van der Waals surface area contributed by atoms with E-state index >= 15 is 0 Å². The molecule has 0 atom stereocenters. The number of ether oxygens (including phenoxy) is 2. The van der Waals surface area contributed by atoms with E-state index in [1.54, 1.807) is 12.1 Å². The van der Waals surface area contributed by atoms with Gasteiger partial charge in [0.15, 0.2) is 13.2 Å². The maximum atomic E-state index is 12.7. The minimum atomic E-state index is -4.59. The summed E-state index contributed by atoms with van der Waals surface area (Å²) in [6.45, 7) is -1.17. The van der Waals surface area contributed by atoms with Crippen LogP contribution in [-0.4, -0.2) is 25.1 Å². The van der Waals surface area contributed by atoms with Crippen molar-refractivity contribution in [2.24, 2.45) is 0 Å². The molecule has 0 aliphatic carbocycles.